The average Bonchev–Trinajstić information content (AvgIpc) is 2.94. The molecule has 0 bridgehead atoms. The molecule has 0 aliphatic carbocycles. The van der Waals surface area contributed by atoms with Gasteiger partial charge in [0.2, 0.25) is 0 Å². The lowest BCUT2D eigenvalue weighted by Crippen LogP contribution is -2.23. The van der Waals surface area contributed by atoms with Crippen molar-refractivity contribution in [3.63, 3.8) is 0 Å². The summed E-state index contributed by atoms with van der Waals surface area (Å²) in [6.45, 7) is 11.8. The van der Waals surface area contributed by atoms with Crippen LogP contribution in [0, 0.1) is 17.9 Å². The maximum Gasteiger partial charge on any atom is 0.269 e. The molecule has 1 aliphatic heterocycles. The highest BCUT2D eigenvalue weighted by molar-refractivity contribution is 5.88. The molecule has 0 unspecified atom stereocenters. The molecule has 0 N–H and O–H groups in total. The molecule has 3 nitrogen and oxygen atoms in total. The zero-order chi connectivity index (χ0) is 20.6. The summed E-state index contributed by atoms with van der Waals surface area (Å²) < 4.78 is 0. The summed E-state index contributed by atoms with van der Waals surface area (Å²) in [5.74, 6) is 0. The second kappa shape index (κ2) is 6.97. The summed E-state index contributed by atoms with van der Waals surface area (Å²) in [6, 6.07) is 22.3. The molecule has 0 spiro atoms. The van der Waals surface area contributed by atoms with Crippen molar-refractivity contribution in [2.45, 2.75) is 19.3 Å². The molecule has 4 rings (SSSR count). The van der Waals surface area contributed by atoms with E-state index < -0.39 is 0 Å². The SMILES string of the molecule is [C-]#[N+]/C(C#N)=c1/cc/c(=C\C=C2/N(C)c3ccccc3C2(C)C)c2ccccc12. The highest BCUT2D eigenvalue weighted by Crippen LogP contribution is 2.46. The summed E-state index contributed by atoms with van der Waals surface area (Å²) in [7, 11) is 2.11. The van der Waals surface area contributed by atoms with Gasteiger partial charge in [-0.1, -0.05) is 74.5 Å². The van der Waals surface area contributed by atoms with E-state index in [-0.39, 0.29) is 11.1 Å². The summed E-state index contributed by atoms with van der Waals surface area (Å²) in [4.78, 5) is 5.65. The largest absolute Gasteiger partial charge is 0.347 e. The monoisotopic (exact) mass is 375 g/mol. The molecule has 140 valence electrons. The molecule has 3 aromatic carbocycles. The first-order valence-corrected chi connectivity index (χ1v) is 9.54. The minimum absolute atomic E-state index is 0.0799. The highest BCUT2D eigenvalue weighted by atomic mass is 15.2. The number of para-hydroxylation sites is 1. The van der Waals surface area contributed by atoms with Gasteiger partial charge in [-0.3, -0.25) is 0 Å². The fraction of sp³-hybridized carbons (Fsp3) is 0.154. The molecule has 0 aromatic heterocycles. The third kappa shape index (κ3) is 2.89. The summed E-state index contributed by atoms with van der Waals surface area (Å²) >= 11 is 0. The number of fused-ring (bicyclic) bond motifs is 2. The van der Waals surface area contributed by atoms with Gasteiger partial charge in [-0.25, -0.2) is 10.1 Å². The summed E-state index contributed by atoms with van der Waals surface area (Å²) in [5.41, 5.74) is 3.84. The molecule has 1 heterocycles. The number of nitriles is 1. The van der Waals surface area contributed by atoms with E-state index in [1.54, 1.807) is 0 Å². The van der Waals surface area contributed by atoms with Gasteiger partial charge in [-0.15, -0.1) is 0 Å². The Bertz CT molecular complexity index is 1350. The molecular weight excluding hydrogens is 354 g/mol. The van der Waals surface area contributed by atoms with Crippen LogP contribution >= 0.6 is 0 Å². The molecular formula is C26H21N3. The third-order valence-corrected chi connectivity index (χ3v) is 5.79. The standard InChI is InChI=1S/C26H21N3/c1-26(2)22-11-7-8-12-24(22)29(4)25(26)16-14-18-13-15-21(23(17-27)28-3)20-10-6-5-9-19(18)20/h5-16H,1-2,4H3/b18-14+,23-21-,25-16-. The van der Waals surface area contributed by atoms with E-state index in [2.05, 4.69) is 67.1 Å². The molecule has 0 fully saturated rings. The van der Waals surface area contributed by atoms with Crippen molar-refractivity contribution in [1.82, 2.24) is 0 Å². The Labute approximate surface area is 170 Å². The topological polar surface area (TPSA) is 31.4 Å². The van der Waals surface area contributed by atoms with Crippen LogP contribution in [-0.4, -0.2) is 7.05 Å². The van der Waals surface area contributed by atoms with E-state index in [9.17, 15) is 5.26 Å². The van der Waals surface area contributed by atoms with Gasteiger partial charge in [-0.05, 0) is 38.9 Å². The number of rotatable bonds is 1. The molecule has 0 radical (unpaired) electrons. The van der Waals surface area contributed by atoms with E-state index in [0.717, 1.165) is 16.0 Å². The van der Waals surface area contributed by atoms with Crippen molar-refractivity contribution in [3.8, 4) is 6.07 Å². The second-order valence-electron chi connectivity index (χ2n) is 7.74. The summed E-state index contributed by atoms with van der Waals surface area (Å²) in [6.07, 6.45) is 4.32. The first kappa shape index (κ1) is 18.5. The van der Waals surface area contributed by atoms with Crippen LogP contribution in [0.2, 0.25) is 0 Å². The van der Waals surface area contributed by atoms with Gasteiger partial charge in [0.15, 0.2) is 0 Å². The van der Waals surface area contributed by atoms with Gasteiger partial charge < -0.3 is 4.90 Å². The molecule has 0 atom stereocenters. The van der Waals surface area contributed by atoms with E-state index in [4.69, 9.17) is 6.57 Å². The van der Waals surface area contributed by atoms with Gasteiger partial charge in [0.25, 0.3) is 5.70 Å². The smallest absolute Gasteiger partial charge is 0.269 e. The Kier molecular flexibility index (Phi) is 4.45. The maximum atomic E-state index is 9.30. The molecule has 0 amide bonds. The lowest BCUT2D eigenvalue weighted by Gasteiger charge is -2.23. The van der Waals surface area contributed by atoms with Gasteiger partial charge in [0, 0.05) is 23.8 Å². The second-order valence-corrected chi connectivity index (χ2v) is 7.74. The zero-order valence-electron chi connectivity index (χ0n) is 16.8. The quantitative estimate of drug-likeness (QED) is 0.587. The van der Waals surface area contributed by atoms with Crippen LogP contribution in [0.5, 0.6) is 0 Å². The van der Waals surface area contributed by atoms with Crippen molar-refractivity contribution in [1.29, 1.82) is 5.26 Å². The van der Waals surface area contributed by atoms with Crippen LogP contribution in [0.3, 0.4) is 0 Å². The minimum Gasteiger partial charge on any atom is -0.347 e. The first-order valence-electron chi connectivity index (χ1n) is 9.54. The number of hydrogen-bond donors (Lipinski definition) is 0. The number of nitrogens with zero attached hydrogens (tertiary/aromatic N) is 3. The van der Waals surface area contributed by atoms with Gasteiger partial charge in [-0.2, -0.15) is 0 Å². The molecule has 1 aliphatic rings. The van der Waals surface area contributed by atoms with Crippen LogP contribution in [0.25, 0.3) is 27.4 Å². The number of anilines is 1. The fourth-order valence-corrected chi connectivity index (χ4v) is 4.29. The van der Waals surface area contributed by atoms with Crippen molar-refractivity contribution >= 4 is 28.2 Å². The minimum atomic E-state index is -0.0799. The molecule has 3 heteroatoms. The summed E-state index contributed by atoms with van der Waals surface area (Å²) in [5, 5.41) is 13.0. The van der Waals surface area contributed by atoms with Crippen molar-refractivity contribution in [2.75, 3.05) is 11.9 Å². The van der Waals surface area contributed by atoms with Crippen molar-refractivity contribution in [2.24, 2.45) is 0 Å². The van der Waals surface area contributed by atoms with Crippen LogP contribution in [0.4, 0.5) is 5.69 Å². The Hall–Kier alpha value is -3.82. The maximum absolute atomic E-state index is 9.30. The van der Waals surface area contributed by atoms with Crippen LogP contribution in [0.1, 0.15) is 19.4 Å². The lowest BCUT2D eigenvalue weighted by molar-refractivity contribution is 0.641. The van der Waals surface area contributed by atoms with E-state index in [1.807, 2.05) is 42.5 Å². The Morgan fingerprint density at radius 2 is 1.69 bits per heavy atom. The number of likely N-dealkylation sites (N-methyl/N-ethyl adjacent to an activating group) is 1. The predicted octanol–water partition coefficient (Wildman–Crippen LogP) is 4.48. The van der Waals surface area contributed by atoms with Crippen LogP contribution in [-0.2, 0) is 5.41 Å². The van der Waals surface area contributed by atoms with E-state index >= 15 is 0 Å². The van der Waals surface area contributed by atoms with Crippen molar-refractivity contribution < 1.29 is 0 Å². The van der Waals surface area contributed by atoms with Crippen LogP contribution in [0.15, 0.2) is 72.4 Å². The Morgan fingerprint density at radius 3 is 2.38 bits per heavy atom. The average molecular weight is 375 g/mol. The molecule has 0 saturated carbocycles. The highest BCUT2D eigenvalue weighted by Gasteiger charge is 2.37. The normalized spacial score (nSPS) is 17.8. The first-order chi connectivity index (χ1) is 14.0. The molecule has 29 heavy (non-hydrogen) atoms. The van der Waals surface area contributed by atoms with Gasteiger partial charge >= 0.3 is 0 Å². The third-order valence-electron chi connectivity index (χ3n) is 5.79. The number of benzene rings is 3. The zero-order valence-corrected chi connectivity index (χ0v) is 16.8. The molecule has 3 aromatic rings. The number of hydrogen-bond acceptors (Lipinski definition) is 2. The van der Waals surface area contributed by atoms with Crippen LogP contribution < -0.4 is 15.3 Å². The Morgan fingerprint density at radius 1 is 1.00 bits per heavy atom. The molecule has 0 saturated heterocycles. The predicted molar refractivity (Wildman–Crippen MR) is 119 cm³/mol. The Balaban J connectivity index is 1.95. The number of allylic oxidation sites excluding steroid dienone is 2. The van der Waals surface area contributed by atoms with E-state index in [0.29, 0.717) is 5.22 Å². The van der Waals surface area contributed by atoms with Gasteiger partial charge in [0.1, 0.15) is 0 Å². The fourth-order valence-electron chi connectivity index (χ4n) is 4.29. The lowest BCUT2D eigenvalue weighted by atomic mass is 9.84. The van der Waals surface area contributed by atoms with Crippen molar-refractivity contribution in [3.05, 3.63) is 99.9 Å². The van der Waals surface area contributed by atoms with Gasteiger partial charge in [0.05, 0.1) is 12.6 Å². The van der Waals surface area contributed by atoms with E-state index in [1.165, 1.54) is 16.9 Å².